The number of amides is 4. The molecule has 2 heterocycles. The topological polar surface area (TPSA) is 97.0 Å². The normalized spacial score (nSPS) is 21.6. The Kier molecular flexibility index (Phi) is 4.74. The van der Waals surface area contributed by atoms with Crippen LogP contribution in [0.25, 0.3) is 0 Å². The molecule has 2 aliphatic heterocycles. The number of carbonyl (C=O) groups is 3. The van der Waals surface area contributed by atoms with Gasteiger partial charge in [0.1, 0.15) is 25.3 Å². The molecule has 2 N–H and O–H groups in total. The van der Waals surface area contributed by atoms with E-state index in [2.05, 4.69) is 10.6 Å². The van der Waals surface area contributed by atoms with Gasteiger partial charge in [-0.2, -0.15) is 0 Å². The number of nitrogens with one attached hydrogen (secondary N) is 2. The quantitative estimate of drug-likeness (QED) is 0.713. The Bertz CT molecular complexity index is 1100. The first kappa shape index (κ1) is 19.7. The van der Waals surface area contributed by atoms with E-state index in [9.17, 15) is 14.4 Å². The summed E-state index contributed by atoms with van der Waals surface area (Å²) in [5, 5.41) is 5.75. The van der Waals surface area contributed by atoms with Crippen LogP contribution in [0.2, 0.25) is 5.02 Å². The van der Waals surface area contributed by atoms with Gasteiger partial charge in [0.15, 0.2) is 11.5 Å². The maximum atomic E-state index is 13.1. The van der Waals surface area contributed by atoms with E-state index in [1.165, 1.54) is 5.56 Å². The van der Waals surface area contributed by atoms with Gasteiger partial charge in [-0.3, -0.25) is 14.5 Å². The second-order valence-electron chi connectivity index (χ2n) is 7.87. The number of carbonyl (C=O) groups excluding carboxylic acids is 3. The Labute approximate surface area is 183 Å². The fourth-order valence-corrected chi connectivity index (χ4v) is 4.54. The van der Waals surface area contributed by atoms with Crippen LogP contribution in [0.15, 0.2) is 36.4 Å². The summed E-state index contributed by atoms with van der Waals surface area (Å²) in [6.45, 7) is 0.419. The lowest BCUT2D eigenvalue weighted by atomic mass is 9.78. The third-order valence-electron chi connectivity index (χ3n) is 5.89. The van der Waals surface area contributed by atoms with Gasteiger partial charge in [0.05, 0.1) is 10.7 Å². The molecule has 1 aliphatic carbocycles. The number of imide groups is 1. The zero-order valence-electron chi connectivity index (χ0n) is 16.6. The van der Waals surface area contributed by atoms with Crippen LogP contribution in [-0.4, -0.2) is 48.0 Å². The minimum atomic E-state index is -1.000. The predicted octanol–water partition coefficient (Wildman–Crippen LogP) is 2.53. The van der Waals surface area contributed by atoms with Crippen molar-refractivity contribution >= 4 is 35.1 Å². The Balaban J connectivity index is 1.30. The third-order valence-corrected chi connectivity index (χ3v) is 6.20. The molecule has 4 amide bonds. The first-order valence-corrected chi connectivity index (χ1v) is 10.4. The fourth-order valence-electron chi connectivity index (χ4n) is 4.34. The smallest absolute Gasteiger partial charge is 0.325 e. The van der Waals surface area contributed by atoms with Gasteiger partial charge in [-0.05, 0) is 24.0 Å². The minimum absolute atomic E-state index is 0.273. The first-order chi connectivity index (χ1) is 14.9. The largest absolute Gasteiger partial charge is 0.486 e. The molecule has 1 spiro atoms. The van der Waals surface area contributed by atoms with Gasteiger partial charge >= 0.3 is 6.03 Å². The molecule has 2 aromatic rings. The van der Waals surface area contributed by atoms with Crippen LogP contribution >= 0.6 is 11.6 Å². The molecule has 8 nitrogen and oxygen atoms in total. The van der Waals surface area contributed by atoms with Crippen LogP contribution in [0.3, 0.4) is 0 Å². The van der Waals surface area contributed by atoms with Crippen molar-refractivity contribution in [2.24, 2.45) is 0 Å². The van der Waals surface area contributed by atoms with Gasteiger partial charge in [-0.15, -0.1) is 0 Å². The van der Waals surface area contributed by atoms with Crippen molar-refractivity contribution in [2.45, 2.75) is 24.8 Å². The number of rotatable bonds is 3. The molecular formula is C22H20ClN3O5. The number of urea groups is 1. The second-order valence-corrected chi connectivity index (χ2v) is 8.28. The van der Waals surface area contributed by atoms with Crippen molar-refractivity contribution in [1.29, 1.82) is 0 Å². The van der Waals surface area contributed by atoms with E-state index in [0.29, 0.717) is 49.7 Å². The molecule has 2 aromatic carbocycles. The summed E-state index contributed by atoms with van der Waals surface area (Å²) < 4.78 is 11.0. The summed E-state index contributed by atoms with van der Waals surface area (Å²) in [6.07, 6.45) is 1.61. The molecule has 1 atom stereocenters. The predicted molar refractivity (Wildman–Crippen MR) is 113 cm³/mol. The fraction of sp³-hybridized carbons (Fsp3) is 0.318. The van der Waals surface area contributed by atoms with E-state index < -0.39 is 24.0 Å². The summed E-state index contributed by atoms with van der Waals surface area (Å²) in [7, 11) is 0. The molecule has 1 fully saturated rings. The molecule has 160 valence electrons. The lowest BCUT2D eigenvalue weighted by Crippen LogP contribution is -2.51. The molecule has 0 bridgehead atoms. The number of anilines is 1. The Hall–Kier alpha value is -3.26. The number of halogens is 1. The Morgan fingerprint density at radius 3 is 2.61 bits per heavy atom. The van der Waals surface area contributed by atoms with Crippen LogP contribution in [0.1, 0.15) is 17.5 Å². The number of nitrogens with zero attached hydrogens (tertiary/aromatic N) is 1. The molecule has 9 heteroatoms. The number of ether oxygens (including phenoxy) is 2. The SMILES string of the molecule is O=C(CN1C(=O)NC2(CCc3ccccc3C2)C1=O)Nc1cc2c(cc1Cl)OCCO2. The van der Waals surface area contributed by atoms with Gasteiger partial charge < -0.3 is 20.1 Å². The number of fused-ring (bicyclic) bond motifs is 2. The Morgan fingerprint density at radius 1 is 1.13 bits per heavy atom. The van der Waals surface area contributed by atoms with Crippen LogP contribution in [0.4, 0.5) is 10.5 Å². The van der Waals surface area contributed by atoms with Crippen molar-refractivity contribution in [2.75, 3.05) is 25.1 Å². The standard InChI is InChI=1S/C22H20ClN3O5/c23-15-9-17-18(31-8-7-30-17)10-16(15)24-19(27)12-26-20(28)22(25-21(26)29)6-5-13-3-1-2-4-14(13)11-22/h1-4,9-10H,5-8,11-12H2,(H,24,27)(H,25,29). The highest BCUT2D eigenvalue weighted by atomic mass is 35.5. The second kappa shape index (κ2) is 7.46. The number of hydrogen-bond donors (Lipinski definition) is 2. The Morgan fingerprint density at radius 2 is 1.84 bits per heavy atom. The molecule has 0 radical (unpaired) electrons. The molecular weight excluding hydrogens is 422 g/mol. The lowest BCUT2D eigenvalue weighted by Gasteiger charge is -2.32. The highest BCUT2D eigenvalue weighted by Crippen LogP contribution is 2.38. The maximum absolute atomic E-state index is 13.1. The average Bonchev–Trinajstić information content (AvgIpc) is 2.98. The first-order valence-electron chi connectivity index (χ1n) is 10.1. The van der Waals surface area contributed by atoms with Crippen LogP contribution in [-0.2, 0) is 22.4 Å². The average molecular weight is 442 g/mol. The summed E-state index contributed by atoms with van der Waals surface area (Å²) in [5.74, 6) is 0.0643. The van der Waals surface area contributed by atoms with E-state index in [0.717, 1.165) is 10.5 Å². The zero-order valence-corrected chi connectivity index (χ0v) is 17.3. The monoisotopic (exact) mass is 441 g/mol. The molecule has 3 aliphatic rings. The van der Waals surface area contributed by atoms with Gasteiger partial charge in [0.2, 0.25) is 5.91 Å². The van der Waals surface area contributed by atoms with Crippen molar-refractivity contribution in [3.63, 3.8) is 0 Å². The van der Waals surface area contributed by atoms with Gasteiger partial charge in [-0.1, -0.05) is 35.9 Å². The van der Waals surface area contributed by atoms with E-state index in [1.807, 2.05) is 24.3 Å². The number of hydrogen-bond acceptors (Lipinski definition) is 5. The lowest BCUT2D eigenvalue weighted by molar-refractivity contribution is -0.134. The zero-order chi connectivity index (χ0) is 21.6. The summed E-state index contributed by atoms with van der Waals surface area (Å²) >= 11 is 6.23. The number of benzene rings is 2. The van der Waals surface area contributed by atoms with E-state index in [-0.39, 0.29) is 10.9 Å². The summed E-state index contributed by atoms with van der Waals surface area (Å²) in [5.41, 5.74) is 1.54. The minimum Gasteiger partial charge on any atom is -0.486 e. The molecule has 1 unspecified atom stereocenters. The molecule has 31 heavy (non-hydrogen) atoms. The molecule has 0 aromatic heterocycles. The van der Waals surface area contributed by atoms with E-state index >= 15 is 0 Å². The molecule has 0 saturated carbocycles. The van der Waals surface area contributed by atoms with Crippen LogP contribution < -0.4 is 20.1 Å². The third kappa shape index (κ3) is 3.46. The maximum Gasteiger partial charge on any atom is 0.325 e. The molecule has 5 rings (SSSR count). The van der Waals surface area contributed by atoms with Crippen LogP contribution in [0.5, 0.6) is 11.5 Å². The van der Waals surface area contributed by atoms with Crippen molar-refractivity contribution < 1.29 is 23.9 Å². The van der Waals surface area contributed by atoms with Crippen LogP contribution in [0, 0.1) is 0 Å². The van der Waals surface area contributed by atoms with Gasteiger partial charge in [-0.25, -0.2) is 4.79 Å². The van der Waals surface area contributed by atoms with Crippen molar-refractivity contribution in [1.82, 2.24) is 10.2 Å². The van der Waals surface area contributed by atoms with E-state index in [1.54, 1.807) is 12.1 Å². The summed E-state index contributed by atoms with van der Waals surface area (Å²) in [4.78, 5) is 39.3. The highest BCUT2D eigenvalue weighted by molar-refractivity contribution is 6.34. The van der Waals surface area contributed by atoms with E-state index in [4.69, 9.17) is 21.1 Å². The molecule has 1 saturated heterocycles. The van der Waals surface area contributed by atoms with Gasteiger partial charge in [0, 0.05) is 18.6 Å². The number of aryl methyl sites for hydroxylation is 1. The van der Waals surface area contributed by atoms with Gasteiger partial charge in [0.25, 0.3) is 5.91 Å². The summed E-state index contributed by atoms with van der Waals surface area (Å²) in [6, 6.07) is 10.5. The highest BCUT2D eigenvalue weighted by Gasteiger charge is 2.52. The van der Waals surface area contributed by atoms with Crippen molar-refractivity contribution in [3.05, 3.63) is 52.5 Å². The van der Waals surface area contributed by atoms with Crippen molar-refractivity contribution in [3.8, 4) is 11.5 Å².